The predicted octanol–water partition coefficient (Wildman–Crippen LogP) is 4.58. The maximum atomic E-state index is 13.9. The molecule has 0 saturated heterocycles. The van der Waals surface area contributed by atoms with Crippen LogP contribution in [-0.2, 0) is 4.79 Å². The van der Waals surface area contributed by atoms with Gasteiger partial charge < -0.3 is 5.32 Å². The molecule has 0 aliphatic carbocycles. The third kappa shape index (κ3) is 3.68. The summed E-state index contributed by atoms with van der Waals surface area (Å²) < 4.78 is 13.9. The smallest absolute Gasteiger partial charge is 0.223 e. The topological polar surface area (TPSA) is 42.0 Å². The number of anilines is 1. The number of allylic oxidation sites excluding steroid dienone is 2. The first kappa shape index (κ1) is 16.1. The summed E-state index contributed by atoms with van der Waals surface area (Å²) in [7, 11) is 0. The van der Waals surface area contributed by atoms with Crippen molar-refractivity contribution in [3.05, 3.63) is 58.4 Å². The quantitative estimate of drug-likeness (QED) is 0.839. The average molecular weight is 316 g/mol. The number of carbonyl (C=O) groups is 1. The Bertz CT molecular complexity index is 742. The first-order chi connectivity index (χ1) is 10.4. The van der Waals surface area contributed by atoms with Crippen LogP contribution in [0.25, 0.3) is 11.6 Å². The standard InChI is InChI=1S/C17H17FN2OS/c1-10-6-5-7-14(18)16(10)11(2)8-9-15-12(3)22-17(20-15)19-13(4)21/h5-9H,2H2,1,3-4H3,(H,19,20,21)/b9-8-. The number of halogens is 1. The fourth-order valence-corrected chi connectivity index (χ4v) is 2.92. The molecule has 0 atom stereocenters. The Hall–Kier alpha value is -2.27. The van der Waals surface area contributed by atoms with Crippen molar-refractivity contribution in [1.82, 2.24) is 4.98 Å². The number of thiazole rings is 1. The van der Waals surface area contributed by atoms with Crippen molar-refractivity contribution in [3.8, 4) is 0 Å². The number of hydrogen-bond donors (Lipinski definition) is 1. The van der Waals surface area contributed by atoms with Gasteiger partial charge in [-0.1, -0.05) is 24.8 Å². The molecule has 0 aliphatic heterocycles. The second kappa shape index (κ2) is 6.66. The molecular weight excluding hydrogens is 299 g/mol. The van der Waals surface area contributed by atoms with Crippen LogP contribution in [0.15, 0.2) is 30.9 Å². The molecule has 1 amide bonds. The van der Waals surface area contributed by atoms with E-state index < -0.39 is 0 Å². The van der Waals surface area contributed by atoms with Crippen LogP contribution in [0.4, 0.5) is 9.52 Å². The Labute approximate surface area is 133 Å². The number of rotatable bonds is 4. The van der Waals surface area contributed by atoms with E-state index in [4.69, 9.17) is 0 Å². The number of aryl methyl sites for hydroxylation is 2. The molecule has 2 rings (SSSR count). The Morgan fingerprint density at radius 1 is 1.41 bits per heavy atom. The maximum Gasteiger partial charge on any atom is 0.223 e. The van der Waals surface area contributed by atoms with Crippen LogP contribution < -0.4 is 5.32 Å². The fourth-order valence-electron chi connectivity index (χ4n) is 2.07. The van der Waals surface area contributed by atoms with E-state index in [9.17, 15) is 9.18 Å². The summed E-state index contributed by atoms with van der Waals surface area (Å²) >= 11 is 1.40. The van der Waals surface area contributed by atoms with E-state index >= 15 is 0 Å². The van der Waals surface area contributed by atoms with Gasteiger partial charge in [0.25, 0.3) is 0 Å². The number of aromatic nitrogens is 1. The first-order valence-electron chi connectivity index (χ1n) is 6.76. The zero-order valence-electron chi connectivity index (χ0n) is 12.7. The van der Waals surface area contributed by atoms with Crippen molar-refractivity contribution in [2.45, 2.75) is 20.8 Å². The molecule has 5 heteroatoms. The summed E-state index contributed by atoms with van der Waals surface area (Å²) in [5.41, 5.74) is 2.67. The second-order valence-corrected chi connectivity index (χ2v) is 6.14. The van der Waals surface area contributed by atoms with E-state index in [1.54, 1.807) is 18.2 Å². The van der Waals surface area contributed by atoms with Gasteiger partial charge in [-0.25, -0.2) is 9.37 Å². The lowest BCUT2D eigenvalue weighted by Crippen LogP contribution is -2.04. The number of amides is 1. The van der Waals surface area contributed by atoms with Crippen LogP contribution in [0.2, 0.25) is 0 Å². The normalized spacial score (nSPS) is 10.9. The van der Waals surface area contributed by atoms with Crippen molar-refractivity contribution < 1.29 is 9.18 Å². The van der Waals surface area contributed by atoms with E-state index in [0.717, 1.165) is 16.1 Å². The highest BCUT2D eigenvalue weighted by atomic mass is 32.1. The van der Waals surface area contributed by atoms with Gasteiger partial charge in [-0.15, -0.1) is 11.3 Å². The lowest BCUT2D eigenvalue weighted by atomic mass is 10.0. The minimum Gasteiger partial charge on any atom is -0.302 e. The molecular formula is C17H17FN2OS. The van der Waals surface area contributed by atoms with Crippen molar-refractivity contribution >= 4 is 34.0 Å². The molecule has 1 aromatic carbocycles. The average Bonchev–Trinajstić information content (AvgIpc) is 2.75. The molecule has 0 aliphatic rings. The van der Waals surface area contributed by atoms with Crippen LogP contribution in [0, 0.1) is 19.7 Å². The van der Waals surface area contributed by atoms with Crippen LogP contribution in [-0.4, -0.2) is 10.9 Å². The van der Waals surface area contributed by atoms with Gasteiger partial charge in [0.2, 0.25) is 5.91 Å². The minimum atomic E-state index is -0.288. The molecule has 0 fully saturated rings. The van der Waals surface area contributed by atoms with Crippen LogP contribution in [0.5, 0.6) is 0 Å². The molecule has 2 aromatic rings. The van der Waals surface area contributed by atoms with Crippen LogP contribution >= 0.6 is 11.3 Å². The molecule has 1 aromatic heterocycles. The molecule has 22 heavy (non-hydrogen) atoms. The zero-order valence-corrected chi connectivity index (χ0v) is 13.6. The van der Waals surface area contributed by atoms with E-state index in [0.29, 0.717) is 16.3 Å². The Morgan fingerprint density at radius 3 is 2.77 bits per heavy atom. The van der Waals surface area contributed by atoms with Crippen molar-refractivity contribution in [1.29, 1.82) is 0 Å². The number of nitrogens with zero attached hydrogens (tertiary/aromatic N) is 1. The molecule has 1 heterocycles. The highest BCUT2D eigenvalue weighted by Crippen LogP contribution is 2.26. The Kier molecular flexibility index (Phi) is 4.88. The van der Waals surface area contributed by atoms with Gasteiger partial charge in [-0.05, 0) is 37.1 Å². The lowest BCUT2D eigenvalue weighted by Gasteiger charge is -2.06. The largest absolute Gasteiger partial charge is 0.302 e. The number of carbonyl (C=O) groups excluding carboxylic acids is 1. The SMILES string of the molecule is C=C(/C=C\c1nc(NC(C)=O)sc1C)c1c(C)cccc1F. The van der Waals surface area contributed by atoms with Gasteiger partial charge in [-0.3, -0.25) is 4.79 Å². The summed E-state index contributed by atoms with van der Waals surface area (Å²) in [5, 5.41) is 3.21. The predicted molar refractivity (Wildman–Crippen MR) is 90.4 cm³/mol. The number of nitrogens with one attached hydrogen (secondary N) is 1. The summed E-state index contributed by atoms with van der Waals surface area (Å²) in [6.07, 6.45) is 3.52. The summed E-state index contributed by atoms with van der Waals surface area (Å²) in [6.45, 7) is 9.13. The zero-order chi connectivity index (χ0) is 16.3. The highest BCUT2D eigenvalue weighted by Gasteiger charge is 2.09. The first-order valence-corrected chi connectivity index (χ1v) is 7.57. The summed E-state index contributed by atoms with van der Waals surface area (Å²) in [5.74, 6) is -0.445. The molecule has 1 N–H and O–H groups in total. The maximum absolute atomic E-state index is 13.9. The fraction of sp³-hybridized carbons (Fsp3) is 0.176. The van der Waals surface area contributed by atoms with Gasteiger partial charge in [0, 0.05) is 17.4 Å². The molecule has 3 nitrogen and oxygen atoms in total. The van der Waals surface area contributed by atoms with E-state index in [2.05, 4.69) is 16.9 Å². The lowest BCUT2D eigenvalue weighted by molar-refractivity contribution is -0.114. The molecule has 0 radical (unpaired) electrons. The second-order valence-electron chi connectivity index (χ2n) is 4.93. The van der Waals surface area contributed by atoms with Crippen molar-refractivity contribution in [3.63, 3.8) is 0 Å². The molecule has 0 bridgehead atoms. The van der Waals surface area contributed by atoms with Crippen molar-refractivity contribution in [2.75, 3.05) is 5.32 Å². The third-order valence-electron chi connectivity index (χ3n) is 3.10. The Balaban J connectivity index is 2.23. The van der Waals surface area contributed by atoms with E-state index in [1.165, 1.54) is 24.3 Å². The highest BCUT2D eigenvalue weighted by molar-refractivity contribution is 7.15. The molecule has 0 unspecified atom stereocenters. The summed E-state index contributed by atoms with van der Waals surface area (Å²) in [4.78, 5) is 16.3. The van der Waals surface area contributed by atoms with E-state index in [1.807, 2.05) is 19.9 Å². The molecule has 0 spiro atoms. The van der Waals surface area contributed by atoms with Gasteiger partial charge in [0.05, 0.1) is 5.69 Å². The van der Waals surface area contributed by atoms with Crippen LogP contribution in [0.3, 0.4) is 0 Å². The van der Waals surface area contributed by atoms with Gasteiger partial charge in [-0.2, -0.15) is 0 Å². The van der Waals surface area contributed by atoms with Gasteiger partial charge in [0.1, 0.15) is 5.82 Å². The van der Waals surface area contributed by atoms with E-state index in [-0.39, 0.29) is 11.7 Å². The monoisotopic (exact) mass is 316 g/mol. The molecule has 114 valence electrons. The molecule has 0 saturated carbocycles. The van der Waals surface area contributed by atoms with Gasteiger partial charge >= 0.3 is 0 Å². The van der Waals surface area contributed by atoms with Gasteiger partial charge in [0.15, 0.2) is 5.13 Å². The van der Waals surface area contributed by atoms with Crippen molar-refractivity contribution in [2.24, 2.45) is 0 Å². The Morgan fingerprint density at radius 2 is 2.14 bits per heavy atom. The minimum absolute atomic E-state index is 0.157. The number of benzene rings is 1. The number of hydrogen-bond acceptors (Lipinski definition) is 3. The summed E-state index contributed by atoms with van der Waals surface area (Å²) in [6, 6.07) is 4.94. The van der Waals surface area contributed by atoms with Crippen LogP contribution in [0.1, 0.15) is 28.6 Å². The third-order valence-corrected chi connectivity index (χ3v) is 4.00.